The van der Waals surface area contributed by atoms with Gasteiger partial charge in [-0.3, -0.25) is 9.69 Å². The van der Waals surface area contributed by atoms with Crippen molar-refractivity contribution in [3.8, 4) is 0 Å². The number of fused-ring (bicyclic) bond motifs is 1. The molecule has 1 aliphatic rings. The number of hydrogen-bond acceptors (Lipinski definition) is 6. The first-order chi connectivity index (χ1) is 15.1. The molecule has 6 nitrogen and oxygen atoms in total. The first kappa shape index (κ1) is 21.9. The third-order valence-corrected chi connectivity index (χ3v) is 6.39. The molecule has 1 atom stereocenters. The van der Waals surface area contributed by atoms with Crippen molar-refractivity contribution in [2.75, 3.05) is 32.8 Å². The second kappa shape index (κ2) is 10.3. The molecule has 0 saturated carbocycles. The minimum absolute atomic E-state index is 0.0556. The average molecular weight is 440 g/mol. The Labute approximate surface area is 187 Å². The van der Waals surface area contributed by atoms with Crippen molar-refractivity contribution in [3.63, 3.8) is 0 Å². The largest absolute Gasteiger partial charge is 0.375 e. The lowest BCUT2D eigenvalue weighted by Gasteiger charge is -2.33. The predicted octanol–water partition coefficient (Wildman–Crippen LogP) is 4.02. The summed E-state index contributed by atoms with van der Waals surface area (Å²) >= 11 is 1.44. The highest BCUT2D eigenvalue weighted by Gasteiger charge is 2.30. The van der Waals surface area contributed by atoms with Crippen LogP contribution >= 0.6 is 11.3 Å². The van der Waals surface area contributed by atoms with Crippen LogP contribution in [0, 0.1) is 0 Å². The molecule has 0 aliphatic carbocycles. The van der Waals surface area contributed by atoms with E-state index in [1.807, 2.05) is 44.2 Å². The van der Waals surface area contributed by atoms with E-state index < -0.39 is 0 Å². The van der Waals surface area contributed by atoms with Gasteiger partial charge in [0.25, 0.3) is 5.91 Å². The number of carbonyl (C=O) groups excluding carboxylic acids is 1. The molecular weight excluding hydrogens is 410 g/mol. The van der Waals surface area contributed by atoms with Gasteiger partial charge in [0.2, 0.25) is 0 Å². The summed E-state index contributed by atoms with van der Waals surface area (Å²) in [6, 6.07) is 14.2. The van der Waals surface area contributed by atoms with Crippen LogP contribution in [0.2, 0.25) is 0 Å². The van der Waals surface area contributed by atoms with Gasteiger partial charge in [0.05, 0.1) is 25.9 Å². The number of pyridine rings is 1. The summed E-state index contributed by atoms with van der Waals surface area (Å²) in [6.45, 7) is 8.28. The van der Waals surface area contributed by atoms with Gasteiger partial charge in [-0.25, -0.2) is 4.98 Å². The molecule has 0 radical (unpaired) electrons. The van der Waals surface area contributed by atoms with Crippen LogP contribution in [0.5, 0.6) is 0 Å². The Hall–Kier alpha value is -2.32. The van der Waals surface area contributed by atoms with Crippen LogP contribution in [0.1, 0.15) is 40.8 Å². The number of aromatic nitrogens is 1. The lowest BCUT2D eigenvalue weighted by molar-refractivity contribution is -0.0381. The molecule has 31 heavy (non-hydrogen) atoms. The maximum absolute atomic E-state index is 12.9. The third kappa shape index (κ3) is 5.49. The topological polar surface area (TPSA) is 63.7 Å². The lowest BCUT2D eigenvalue weighted by Crippen LogP contribution is -2.40. The summed E-state index contributed by atoms with van der Waals surface area (Å²) in [6.07, 6.45) is 1.61. The molecule has 4 rings (SSSR count). The average Bonchev–Trinajstić information content (AvgIpc) is 3.17. The summed E-state index contributed by atoms with van der Waals surface area (Å²) < 4.78 is 12.0. The molecule has 1 fully saturated rings. The smallest absolute Gasteiger partial charge is 0.262 e. The van der Waals surface area contributed by atoms with E-state index in [2.05, 4.69) is 27.3 Å². The van der Waals surface area contributed by atoms with Gasteiger partial charge >= 0.3 is 0 Å². The van der Waals surface area contributed by atoms with Crippen molar-refractivity contribution < 1.29 is 14.3 Å². The molecule has 0 unspecified atom stereocenters. The highest BCUT2D eigenvalue weighted by Crippen LogP contribution is 2.37. The van der Waals surface area contributed by atoms with Crippen LogP contribution in [0.25, 0.3) is 10.2 Å². The van der Waals surface area contributed by atoms with E-state index >= 15 is 0 Å². The minimum Gasteiger partial charge on any atom is -0.375 e. The molecule has 0 spiro atoms. The second-order valence-electron chi connectivity index (χ2n) is 8.03. The second-order valence-corrected chi connectivity index (χ2v) is 9.03. The first-order valence-electron chi connectivity index (χ1n) is 10.8. The Balaban J connectivity index is 1.44. The van der Waals surface area contributed by atoms with Gasteiger partial charge in [-0.2, -0.15) is 0 Å². The zero-order valence-electron chi connectivity index (χ0n) is 18.0. The molecule has 1 saturated heterocycles. The van der Waals surface area contributed by atoms with Crippen molar-refractivity contribution in [1.82, 2.24) is 15.2 Å². The molecular formula is C24H29N3O3S. The monoisotopic (exact) mass is 439 g/mol. The number of hydrogen-bond donors (Lipinski definition) is 1. The summed E-state index contributed by atoms with van der Waals surface area (Å²) in [5, 5.41) is 4.03. The number of amides is 1. The number of thiophene rings is 1. The molecule has 1 aromatic carbocycles. The summed E-state index contributed by atoms with van der Waals surface area (Å²) in [5.41, 5.74) is 2.14. The van der Waals surface area contributed by atoms with E-state index in [9.17, 15) is 4.79 Å². The quantitative estimate of drug-likeness (QED) is 0.537. The number of nitrogens with zero attached hydrogens (tertiary/aromatic N) is 2. The Bertz CT molecular complexity index is 1010. The highest BCUT2D eigenvalue weighted by atomic mass is 32.1. The van der Waals surface area contributed by atoms with E-state index in [4.69, 9.17) is 9.47 Å². The summed E-state index contributed by atoms with van der Waals surface area (Å²) in [5.74, 6) is -0.0556. The zero-order valence-corrected chi connectivity index (χ0v) is 18.9. The van der Waals surface area contributed by atoms with E-state index in [0.717, 1.165) is 35.4 Å². The van der Waals surface area contributed by atoms with Crippen LogP contribution in [-0.4, -0.2) is 54.7 Å². The number of rotatable bonds is 8. The maximum Gasteiger partial charge on any atom is 0.262 e. The van der Waals surface area contributed by atoms with Crippen molar-refractivity contribution in [2.24, 2.45) is 0 Å². The van der Waals surface area contributed by atoms with Gasteiger partial charge in [-0.1, -0.05) is 36.4 Å². The number of carbonyl (C=O) groups is 1. The fourth-order valence-corrected chi connectivity index (χ4v) is 4.90. The summed E-state index contributed by atoms with van der Waals surface area (Å²) in [7, 11) is 0. The van der Waals surface area contributed by atoms with Crippen LogP contribution in [0.15, 0.2) is 48.7 Å². The van der Waals surface area contributed by atoms with Gasteiger partial charge in [0, 0.05) is 42.8 Å². The normalized spacial score (nSPS) is 17.3. The third-order valence-electron chi connectivity index (χ3n) is 5.27. The van der Waals surface area contributed by atoms with Crippen LogP contribution in [0.4, 0.5) is 0 Å². The molecule has 164 valence electrons. The maximum atomic E-state index is 12.9. The van der Waals surface area contributed by atoms with Gasteiger partial charge in [-0.05, 0) is 25.5 Å². The van der Waals surface area contributed by atoms with E-state index in [1.54, 1.807) is 6.20 Å². The van der Waals surface area contributed by atoms with E-state index in [1.165, 1.54) is 16.9 Å². The Morgan fingerprint density at radius 1 is 1.29 bits per heavy atom. The number of benzene rings is 1. The zero-order chi connectivity index (χ0) is 21.6. The Morgan fingerprint density at radius 2 is 2.13 bits per heavy atom. The SMILES string of the molecule is CC(C)NC(=O)c1sc2ncccc2c1[C@H]1CN(CCOCc2ccccc2)CCO1. The molecule has 1 aliphatic heterocycles. The molecule has 3 heterocycles. The Kier molecular flexibility index (Phi) is 7.29. The van der Waals surface area contributed by atoms with Gasteiger partial charge in [0.1, 0.15) is 9.71 Å². The molecule has 1 N–H and O–H groups in total. The fourth-order valence-electron chi connectivity index (χ4n) is 3.81. The van der Waals surface area contributed by atoms with Crippen molar-refractivity contribution in [2.45, 2.75) is 32.6 Å². The van der Waals surface area contributed by atoms with E-state index in [-0.39, 0.29) is 18.1 Å². The number of morpholine rings is 1. The summed E-state index contributed by atoms with van der Waals surface area (Å²) in [4.78, 5) is 21.3. The van der Waals surface area contributed by atoms with Crippen molar-refractivity contribution in [3.05, 3.63) is 64.7 Å². The fraction of sp³-hybridized carbons (Fsp3) is 0.417. The minimum atomic E-state index is -0.159. The van der Waals surface area contributed by atoms with Gasteiger partial charge in [0.15, 0.2) is 0 Å². The number of ether oxygens (including phenoxy) is 2. The first-order valence-corrected chi connectivity index (χ1v) is 11.6. The van der Waals surface area contributed by atoms with Crippen LogP contribution in [0.3, 0.4) is 0 Å². The Morgan fingerprint density at radius 3 is 2.94 bits per heavy atom. The standard InChI is InChI=1S/C24H29N3O3S/c1-17(2)26-23(28)22-21(19-9-6-10-25-24(19)31-22)20-15-27(12-14-30-20)11-13-29-16-18-7-4-3-5-8-18/h3-10,17,20H,11-16H2,1-2H3,(H,26,28)/t20-/m1/s1. The molecule has 1 amide bonds. The lowest BCUT2D eigenvalue weighted by atomic mass is 10.0. The molecule has 0 bridgehead atoms. The van der Waals surface area contributed by atoms with Crippen molar-refractivity contribution >= 4 is 27.5 Å². The predicted molar refractivity (Wildman–Crippen MR) is 123 cm³/mol. The molecule has 3 aromatic rings. The van der Waals surface area contributed by atoms with Gasteiger partial charge < -0.3 is 14.8 Å². The van der Waals surface area contributed by atoms with Crippen LogP contribution < -0.4 is 5.32 Å². The van der Waals surface area contributed by atoms with Crippen LogP contribution in [-0.2, 0) is 16.1 Å². The highest BCUT2D eigenvalue weighted by molar-refractivity contribution is 7.20. The van der Waals surface area contributed by atoms with E-state index in [0.29, 0.717) is 24.7 Å². The van der Waals surface area contributed by atoms with Gasteiger partial charge in [-0.15, -0.1) is 11.3 Å². The molecule has 7 heteroatoms. The molecule has 2 aromatic heterocycles. The number of nitrogens with one attached hydrogen (secondary N) is 1. The van der Waals surface area contributed by atoms with Crippen molar-refractivity contribution in [1.29, 1.82) is 0 Å².